The smallest absolute Gasteiger partial charge is 0.128 e. The van der Waals surface area contributed by atoms with Crippen LogP contribution in [0.3, 0.4) is 0 Å². The number of pyridine rings is 1. The highest BCUT2D eigenvalue weighted by Crippen LogP contribution is 2.20. The zero-order chi connectivity index (χ0) is 14.9. The SMILES string of the molecule is CCCNCc1ccnc(N2CCCC(OCCC)C2)c1. The summed E-state index contributed by atoms with van der Waals surface area (Å²) in [4.78, 5) is 6.92. The summed E-state index contributed by atoms with van der Waals surface area (Å²) in [5, 5.41) is 3.45. The molecule has 1 atom stereocenters. The average Bonchev–Trinajstić information content (AvgIpc) is 2.54. The van der Waals surface area contributed by atoms with E-state index in [1.165, 1.54) is 24.8 Å². The molecule has 0 spiro atoms. The lowest BCUT2D eigenvalue weighted by atomic mass is 10.1. The standard InChI is InChI=1S/C17H29N3O/c1-3-8-18-13-15-7-9-19-17(12-15)20-10-5-6-16(14-20)21-11-4-2/h7,9,12,16,18H,3-6,8,10-11,13-14H2,1-2H3. The fourth-order valence-electron chi connectivity index (χ4n) is 2.72. The molecule has 1 saturated heterocycles. The monoisotopic (exact) mass is 291 g/mol. The largest absolute Gasteiger partial charge is 0.376 e. The summed E-state index contributed by atoms with van der Waals surface area (Å²) >= 11 is 0. The molecular weight excluding hydrogens is 262 g/mol. The number of nitrogens with zero attached hydrogens (tertiary/aromatic N) is 2. The second-order valence-electron chi connectivity index (χ2n) is 5.78. The van der Waals surface area contributed by atoms with Crippen LogP contribution in [0.1, 0.15) is 45.1 Å². The minimum Gasteiger partial charge on any atom is -0.376 e. The third-order valence-corrected chi connectivity index (χ3v) is 3.83. The molecule has 2 rings (SSSR count). The molecule has 0 bridgehead atoms. The number of hydrogen-bond donors (Lipinski definition) is 1. The summed E-state index contributed by atoms with van der Waals surface area (Å²) in [6.45, 7) is 9.27. The van der Waals surface area contributed by atoms with Crippen LogP contribution in [-0.4, -0.2) is 37.3 Å². The van der Waals surface area contributed by atoms with Gasteiger partial charge >= 0.3 is 0 Å². The van der Waals surface area contributed by atoms with Crippen molar-refractivity contribution < 1.29 is 4.74 Å². The van der Waals surface area contributed by atoms with Crippen LogP contribution in [0.2, 0.25) is 0 Å². The van der Waals surface area contributed by atoms with E-state index in [4.69, 9.17) is 4.74 Å². The van der Waals surface area contributed by atoms with Gasteiger partial charge in [-0.3, -0.25) is 0 Å². The molecule has 1 unspecified atom stereocenters. The van der Waals surface area contributed by atoms with Crippen molar-refractivity contribution in [3.63, 3.8) is 0 Å². The number of rotatable bonds is 8. The lowest BCUT2D eigenvalue weighted by Crippen LogP contribution is -2.40. The molecule has 4 heteroatoms. The molecule has 0 aromatic carbocycles. The van der Waals surface area contributed by atoms with E-state index < -0.39 is 0 Å². The summed E-state index contributed by atoms with van der Waals surface area (Å²) in [6, 6.07) is 4.31. The van der Waals surface area contributed by atoms with Crippen LogP contribution < -0.4 is 10.2 Å². The second kappa shape index (κ2) is 9.00. The first-order valence-electron chi connectivity index (χ1n) is 8.35. The highest BCUT2D eigenvalue weighted by Gasteiger charge is 2.21. The molecule has 118 valence electrons. The van der Waals surface area contributed by atoms with Crippen LogP contribution >= 0.6 is 0 Å². The molecule has 0 radical (unpaired) electrons. The third kappa shape index (κ3) is 5.29. The Balaban J connectivity index is 1.92. The molecule has 0 saturated carbocycles. The Morgan fingerprint density at radius 3 is 3.10 bits per heavy atom. The zero-order valence-electron chi connectivity index (χ0n) is 13.5. The maximum absolute atomic E-state index is 5.91. The molecule has 0 amide bonds. The number of hydrogen-bond acceptors (Lipinski definition) is 4. The quantitative estimate of drug-likeness (QED) is 0.747. The van der Waals surface area contributed by atoms with Crippen molar-refractivity contribution in [1.82, 2.24) is 10.3 Å². The first-order valence-corrected chi connectivity index (χ1v) is 8.35. The molecule has 1 aliphatic rings. The van der Waals surface area contributed by atoms with Crippen molar-refractivity contribution >= 4 is 5.82 Å². The van der Waals surface area contributed by atoms with Crippen molar-refractivity contribution in [3.8, 4) is 0 Å². The summed E-state index contributed by atoms with van der Waals surface area (Å²) in [6.07, 6.45) is 6.91. The van der Waals surface area contributed by atoms with Gasteiger partial charge in [-0.1, -0.05) is 13.8 Å². The van der Waals surface area contributed by atoms with Gasteiger partial charge in [-0.15, -0.1) is 0 Å². The third-order valence-electron chi connectivity index (χ3n) is 3.83. The van der Waals surface area contributed by atoms with Gasteiger partial charge in [0, 0.05) is 32.4 Å². The second-order valence-corrected chi connectivity index (χ2v) is 5.78. The fourth-order valence-corrected chi connectivity index (χ4v) is 2.72. The summed E-state index contributed by atoms with van der Waals surface area (Å²) < 4.78 is 5.91. The van der Waals surface area contributed by atoms with Crippen LogP contribution in [0, 0.1) is 0 Å². The van der Waals surface area contributed by atoms with Crippen LogP contribution in [0.5, 0.6) is 0 Å². The normalized spacial score (nSPS) is 19.0. The fraction of sp³-hybridized carbons (Fsp3) is 0.706. The lowest BCUT2D eigenvalue weighted by Gasteiger charge is -2.33. The molecule has 21 heavy (non-hydrogen) atoms. The van der Waals surface area contributed by atoms with Crippen molar-refractivity contribution in [2.45, 2.75) is 52.2 Å². The van der Waals surface area contributed by atoms with Gasteiger partial charge in [-0.25, -0.2) is 4.98 Å². The van der Waals surface area contributed by atoms with E-state index >= 15 is 0 Å². The number of aromatic nitrogens is 1. The summed E-state index contributed by atoms with van der Waals surface area (Å²) in [5.41, 5.74) is 1.31. The highest BCUT2D eigenvalue weighted by molar-refractivity contribution is 5.41. The summed E-state index contributed by atoms with van der Waals surface area (Å²) in [7, 11) is 0. The molecule has 1 aliphatic heterocycles. The van der Waals surface area contributed by atoms with E-state index in [1.807, 2.05) is 6.20 Å². The Kier molecular flexibility index (Phi) is 6.96. The Morgan fingerprint density at radius 2 is 2.29 bits per heavy atom. The Hall–Kier alpha value is -1.13. The number of ether oxygens (including phenoxy) is 1. The topological polar surface area (TPSA) is 37.4 Å². The van der Waals surface area contributed by atoms with Crippen molar-refractivity contribution in [2.75, 3.05) is 31.1 Å². The van der Waals surface area contributed by atoms with Crippen molar-refractivity contribution in [2.24, 2.45) is 0 Å². The van der Waals surface area contributed by atoms with Gasteiger partial charge in [0.15, 0.2) is 0 Å². The van der Waals surface area contributed by atoms with Crippen LogP contribution in [0.15, 0.2) is 18.3 Å². The highest BCUT2D eigenvalue weighted by atomic mass is 16.5. The van der Waals surface area contributed by atoms with E-state index in [-0.39, 0.29) is 0 Å². The van der Waals surface area contributed by atoms with Gasteiger partial charge in [0.05, 0.1) is 6.10 Å². The maximum Gasteiger partial charge on any atom is 0.128 e. The molecule has 1 fully saturated rings. The molecule has 4 nitrogen and oxygen atoms in total. The molecule has 2 heterocycles. The predicted molar refractivity (Wildman–Crippen MR) is 87.7 cm³/mol. The van der Waals surface area contributed by atoms with E-state index in [1.54, 1.807) is 0 Å². The Morgan fingerprint density at radius 1 is 1.38 bits per heavy atom. The van der Waals surface area contributed by atoms with E-state index in [0.717, 1.165) is 45.0 Å². The van der Waals surface area contributed by atoms with Crippen molar-refractivity contribution in [3.05, 3.63) is 23.9 Å². The van der Waals surface area contributed by atoms with Gasteiger partial charge in [0.2, 0.25) is 0 Å². The molecule has 1 N–H and O–H groups in total. The van der Waals surface area contributed by atoms with Crippen molar-refractivity contribution in [1.29, 1.82) is 0 Å². The number of nitrogens with one attached hydrogen (secondary N) is 1. The van der Waals surface area contributed by atoms with Gasteiger partial charge in [-0.05, 0) is 49.9 Å². The van der Waals surface area contributed by atoms with E-state index in [0.29, 0.717) is 6.10 Å². The molecular formula is C17H29N3O. The minimum atomic E-state index is 0.363. The lowest BCUT2D eigenvalue weighted by molar-refractivity contribution is 0.0439. The van der Waals surface area contributed by atoms with Crippen LogP contribution in [0.25, 0.3) is 0 Å². The average molecular weight is 291 g/mol. The van der Waals surface area contributed by atoms with Crippen LogP contribution in [0.4, 0.5) is 5.82 Å². The number of anilines is 1. The predicted octanol–water partition coefficient (Wildman–Crippen LogP) is 2.98. The van der Waals surface area contributed by atoms with Gasteiger partial charge in [-0.2, -0.15) is 0 Å². The maximum atomic E-state index is 5.91. The Bertz CT molecular complexity index is 411. The molecule has 1 aromatic heterocycles. The first kappa shape index (κ1) is 16.2. The minimum absolute atomic E-state index is 0.363. The van der Waals surface area contributed by atoms with E-state index in [2.05, 4.69) is 41.2 Å². The van der Waals surface area contributed by atoms with Crippen LogP contribution in [-0.2, 0) is 11.3 Å². The van der Waals surface area contributed by atoms with E-state index in [9.17, 15) is 0 Å². The first-order chi connectivity index (χ1) is 10.3. The summed E-state index contributed by atoms with van der Waals surface area (Å²) in [5.74, 6) is 1.09. The molecule has 1 aromatic rings. The zero-order valence-corrected chi connectivity index (χ0v) is 13.5. The Labute approximate surface area is 128 Å². The van der Waals surface area contributed by atoms with Gasteiger partial charge in [0.25, 0.3) is 0 Å². The van der Waals surface area contributed by atoms with Gasteiger partial charge in [0.1, 0.15) is 5.82 Å². The molecule has 0 aliphatic carbocycles. The van der Waals surface area contributed by atoms with Gasteiger partial charge < -0.3 is 15.0 Å². The number of piperidine rings is 1.